The van der Waals surface area contributed by atoms with Crippen LogP contribution in [-0.4, -0.2) is 24.0 Å². The second-order valence-electron chi connectivity index (χ2n) is 17.3. The minimum absolute atomic E-state index is 0.101. The first kappa shape index (κ1) is 36.7. The van der Waals surface area contributed by atoms with Crippen LogP contribution in [0.2, 0.25) is 0 Å². The number of aliphatic hydroxyl groups is 1. The SMILES string of the molecule is O=c1c2ccc(-c3ccc4c5c(cccc35)-c3nc5c(-c6ccccc6)cc(-c6ccccc6)cc5n3C4O)c3cccc(c32)c2nc3c(-c4ccccc4)cc(-c4ccccc4)cc3n12. The van der Waals surface area contributed by atoms with Crippen LogP contribution in [0.4, 0.5) is 0 Å². The molecule has 0 saturated carbocycles. The van der Waals surface area contributed by atoms with Gasteiger partial charge in [-0.25, -0.2) is 9.97 Å². The summed E-state index contributed by atoms with van der Waals surface area (Å²) in [5, 5.41) is 17.9. The molecule has 66 heavy (non-hydrogen) atoms. The van der Waals surface area contributed by atoms with Gasteiger partial charge >= 0.3 is 0 Å². The summed E-state index contributed by atoms with van der Waals surface area (Å²) < 4.78 is 3.81. The molecule has 6 nitrogen and oxygen atoms in total. The van der Waals surface area contributed by atoms with E-state index in [0.29, 0.717) is 11.0 Å². The molecule has 14 rings (SSSR count). The van der Waals surface area contributed by atoms with Gasteiger partial charge in [-0.05, 0) is 85.6 Å². The van der Waals surface area contributed by atoms with E-state index in [1.807, 2.05) is 63.6 Å². The minimum Gasteiger partial charge on any atom is -0.369 e. The molecule has 0 spiro atoms. The van der Waals surface area contributed by atoms with Crippen LogP contribution in [0.5, 0.6) is 0 Å². The number of benzene rings is 10. The van der Waals surface area contributed by atoms with Gasteiger partial charge in [0.25, 0.3) is 5.56 Å². The van der Waals surface area contributed by atoms with Crippen LogP contribution < -0.4 is 5.56 Å². The normalized spacial score (nSPS) is 13.4. The standard InChI is InChI=1S/C60H36N4O2/c65-59-47-29-27-41(43-23-13-25-45(53(43)47)57-61-55-49(37-19-9-3-10-20-37)31-39(33-51(55)63(57)59)35-15-5-1-6-16-35)42-28-30-48-54-44(42)24-14-26-46(54)58-62-56-50(38-21-11-4-12-22-38)32-40(36-17-7-2-8-18-36)34-52(56)64(58)60(48)66/h1-34,59,65H. The first-order chi connectivity index (χ1) is 32.6. The van der Waals surface area contributed by atoms with Gasteiger partial charge in [-0.15, -0.1) is 0 Å². The van der Waals surface area contributed by atoms with Crippen LogP contribution in [0.1, 0.15) is 11.8 Å². The molecule has 1 aliphatic rings. The average molecular weight is 845 g/mol. The molecular weight excluding hydrogens is 809 g/mol. The molecule has 0 bridgehead atoms. The van der Waals surface area contributed by atoms with E-state index in [-0.39, 0.29) is 5.56 Å². The van der Waals surface area contributed by atoms with E-state index in [0.717, 1.165) is 122 Å². The molecule has 13 aromatic rings. The van der Waals surface area contributed by atoms with E-state index in [1.165, 1.54) is 0 Å². The van der Waals surface area contributed by atoms with Gasteiger partial charge in [-0.1, -0.05) is 176 Å². The van der Waals surface area contributed by atoms with Crippen molar-refractivity contribution in [3.8, 4) is 67.0 Å². The van der Waals surface area contributed by atoms with Crippen LogP contribution in [0, 0.1) is 0 Å². The molecule has 0 amide bonds. The van der Waals surface area contributed by atoms with Crippen molar-refractivity contribution in [1.82, 2.24) is 18.9 Å². The summed E-state index contributed by atoms with van der Waals surface area (Å²) in [4.78, 5) is 25.7. The second kappa shape index (κ2) is 13.9. The van der Waals surface area contributed by atoms with Crippen molar-refractivity contribution in [2.24, 2.45) is 0 Å². The lowest BCUT2D eigenvalue weighted by molar-refractivity contribution is 0.152. The number of nitrogens with zero attached hydrogens (tertiary/aromatic N) is 4. The molecule has 0 saturated heterocycles. The second-order valence-corrected chi connectivity index (χ2v) is 17.3. The molecule has 0 fully saturated rings. The Morgan fingerprint density at radius 3 is 1.53 bits per heavy atom. The lowest BCUT2D eigenvalue weighted by atomic mass is 9.87. The monoisotopic (exact) mass is 844 g/mol. The molecular formula is C60H36N4O2. The maximum atomic E-state index is 15.0. The van der Waals surface area contributed by atoms with Gasteiger partial charge in [0.2, 0.25) is 0 Å². The Kier molecular flexibility index (Phi) is 7.73. The Hall–Kier alpha value is -8.71. The lowest BCUT2D eigenvalue weighted by Gasteiger charge is -2.26. The van der Waals surface area contributed by atoms with Crippen LogP contribution in [-0.2, 0) is 0 Å². The van der Waals surface area contributed by atoms with Crippen molar-refractivity contribution in [3.05, 3.63) is 222 Å². The number of aliphatic hydroxyl groups excluding tert-OH is 1. The van der Waals surface area contributed by atoms with Gasteiger partial charge in [0.05, 0.1) is 22.1 Å². The molecule has 10 aromatic carbocycles. The smallest absolute Gasteiger partial charge is 0.264 e. The summed E-state index contributed by atoms with van der Waals surface area (Å²) in [7, 11) is 0. The third-order valence-corrected chi connectivity index (χ3v) is 13.8. The van der Waals surface area contributed by atoms with Crippen molar-refractivity contribution in [3.63, 3.8) is 0 Å². The number of aromatic nitrogens is 4. The summed E-state index contributed by atoms with van der Waals surface area (Å²) in [5.74, 6) is 0.724. The Bertz CT molecular complexity index is 4180. The van der Waals surface area contributed by atoms with Crippen LogP contribution in [0.15, 0.2) is 211 Å². The van der Waals surface area contributed by atoms with Crippen molar-refractivity contribution < 1.29 is 5.11 Å². The van der Waals surface area contributed by atoms with Gasteiger partial charge in [-0.2, -0.15) is 0 Å². The van der Waals surface area contributed by atoms with E-state index >= 15 is 0 Å². The van der Waals surface area contributed by atoms with Gasteiger partial charge < -0.3 is 5.11 Å². The van der Waals surface area contributed by atoms with Crippen molar-refractivity contribution >= 4 is 60.0 Å². The number of pyridine rings is 1. The highest BCUT2D eigenvalue weighted by atomic mass is 16.3. The molecule has 0 aliphatic carbocycles. The lowest BCUT2D eigenvalue weighted by Crippen LogP contribution is -2.16. The van der Waals surface area contributed by atoms with E-state index in [4.69, 9.17) is 9.97 Å². The fourth-order valence-electron chi connectivity index (χ4n) is 10.8. The molecule has 3 aromatic heterocycles. The predicted octanol–water partition coefficient (Wildman–Crippen LogP) is 13.9. The summed E-state index contributed by atoms with van der Waals surface area (Å²) in [6, 6.07) is 70.9. The van der Waals surface area contributed by atoms with Gasteiger partial charge in [0.1, 0.15) is 11.5 Å². The largest absolute Gasteiger partial charge is 0.369 e. The fourth-order valence-corrected chi connectivity index (χ4v) is 10.8. The highest BCUT2D eigenvalue weighted by molar-refractivity contribution is 6.21. The predicted molar refractivity (Wildman–Crippen MR) is 269 cm³/mol. The van der Waals surface area contributed by atoms with E-state index < -0.39 is 6.23 Å². The number of rotatable bonds is 5. The molecule has 0 radical (unpaired) electrons. The van der Waals surface area contributed by atoms with Crippen LogP contribution in [0.3, 0.4) is 0 Å². The van der Waals surface area contributed by atoms with Gasteiger partial charge in [0, 0.05) is 43.8 Å². The van der Waals surface area contributed by atoms with Crippen molar-refractivity contribution in [1.29, 1.82) is 0 Å². The Morgan fingerprint density at radius 1 is 0.394 bits per heavy atom. The fraction of sp³-hybridized carbons (Fsp3) is 0.0167. The highest BCUT2D eigenvalue weighted by Gasteiger charge is 2.31. The Morgan fingerprint density at radius 2 is 0.909 bits per heavy atom. The van der Waals surface area contributed by atoms with Crippen molar-refractivity contribution in [2.45, 2.75) is 6.23 Å². The summed E-state index contributed by atoms with van der Waals surface area (Å²) >= 11 is 0. The molecule has 4 heterocycles. The first-order valence-electron chi connectivity index (χ1n) is 22.3. The van der Waals surface area contributed by atoms with Crippen molar-refractivity contribution in [2.75, 3.05) is 0 Å². The molecule has 1 unspecified atom stereocenters. The van der Waals surface area contributed by atoms with Crippen LogP contribution >= 0.6 is 0 Å². The maximum absolute atomic E-state index is 15.0. The molecule has 1 N–H and O–H groups in total. The third-order valence-electron chi connectivity index (χ3n) is 13.8. The van der Waals surface area contributed by atoms with E-state index in [1.54, 1.807) is 0 Å². The first-order valence-corrected chi connectivity index (χ1v) is 22.3. The summed E-state index contributed by atoms with van der Waals surface area (Å²) in [6.45, 7) is 0. The number of fused-ring (bicyclic) bond motifs is 8. The number of hydrogen-bond acceptors (Lipinski definition) is 4. The quantitative estimate of drug-likeness (QED) is 0.187. The maximum Gasteiger partial charge on any atom is 0.264 e. The Balaban J connectivity index is 0.992. The minimum atomic E-state index is -0.976. The molecule has 308 valence electrons. The zero-order chi connectivity index (χ0) is 43.6. The average Bonchev–Trinajstić information content (AvgIpc) is 3.98. The van der Waals surface area contributed by atoms with Gasteiger partial charge in [-0.3, -0.25) is 13.8 Å². The Labute approximate surface area is 377 Å². The third kappa shape index (κ3) is 5.18. The topological polar surface area (TPSA) is 72.4 Å². The summed E-state index contributed by atoms with van der Waals surface area (Å²) in [6.07, 6.45) is -0.976. The zero-order valence-corrected chi connectivity index (χ0v) is 35.4. The zero-order valence-electron chi connectivity index (χ0n) is 35.4. The van der Waals surface area contributed by atoms with E-state index in [2.05, 4.69) is 152 Å². The molecule has 6 heteroatoms. The number of hydrogen-bond donors (Lipinski definition) is 1. The molecule has 1 aliphatic heterocycles. The highest BCUT2D eigenvalue weighted by Crippen LogP contribution is 2.48. The van der Waals surface area contributed by atoms with E-state index in [9.17, 15) is 9.90 Å². The number of imidazole rings is 2. The molecule has 1 atom stereocenters. The van der Waals surface area contributed by atoms with Crippen LogP contribution in [0.25, 0.3) is 127 Å². The summed E-state index contributed by atoms with van der Waals surface area (Å²) in [5.41, 5.74) is 15.9. The van der Waals surface area contributed by atoms with Gasteiger partial charge in [0.15, 0.2) is 6.23 Å².